The van der Waals surface area contributed by atoms with E-state index in [2.05, 4.69) is 19.9 Å². The van der Waals surface area contributed by atoms with Gasteiger partial charge >= 0.3 is 45.5 Å². The number of H-pyrrole nitrogens is 4. The third-order valence-electron chi connectivity index (χ3n) is 12.1. The number of nitrogens with zero attached hydrogens (tertiary/aromatic N) is 8. The topological polar surface area (TPSA) is 408 Å². The Labute approximate surface area is 480 Å². The molecule has 8 bridgehead atoms. The number of rotatable bonds is 12. The number of nitro groups is 8. The molecule has 0 amide bonds. The second-order valence-corrected chi connectivity index (χ2v) is 19.5. The highest BCUT2D eigenvalue weighted by atomic mass is 35.5. The lowest BCUT2D eigenvalue weighted by Crippen LogP contribution is -2.15. The summed E-state index contributed by atoms with van der Waals surface area (Å²) in [5.41, 5.74) is -27.3. The maximum atomic E-state index is 13.7. The van der Waals surface area contributed by atoms with Gasteiger partial charge in [0.15, 0.2) is 0 Å². The van der Waals surface area contributed by atoms with E-state index in [9.17, 15) is 80.9 Å². The number of benzene rings is 4. The monoisotopic (exact) mass is 1250 g/mol. The summed E-state index contributed by atoms with van der Waals surface area (Å²) in [5.74, 6) is -4.58. The number of aromatic nitrogens is 4. The zero-order chi connectivity index (χ0) is 58.4. The lowest BCUT2D eigenvalue weighted by atomic mass is 9.89. The zero-order valence-electron chi connectivity index (χ0n) is 38.1. The Balaban J connectivity index is 1.70. The Morgan fingerprint density at radius 1 is 0.250 bits per heavy atom. The minimum atomic E-state index is -1.73. The fourth-order valence-corrected chi connectivity index (χ4v) is 11.6. The Morgan fingerprint density at radius 3 is 0.463 bits per heavy atom. The molecule has 0 atom stereocenters. The maximum absolute atomic E-state index is 13.7. The van der Waals surface area contributed by atoms with Crippen molar-refractivity contribution in [2.75, 3.05) is 0 Å². The summed E-state index contributed by atoms with van der Waals surface area (Å²) in [7, 11) is 0. The third-order valence-corrected chi connectivity index (χ3v) is 14.6. The second kappa shape index (κ2) is 20.7. The molecule has 400 valence electrons. The number of fused-ring (bicyclic) bond motifs is 8. The van der Waals surface area contributed by atoms with Crippen LogP contribution in [-0.4, -0.2) is 59.3 Å². The highest BCUT2D eigenvalue weighted by Crippen LogP contribution is 2.59. The van der Waals surface area contributed by atoms with Crippen LogP contribution >= 0.6 is 92.8 Å². The molecule has 0 spiro atoms. The molecule has 36 heteroatoms. The Hall–Kier alpha value is -9.00. The summed E-state index contributed by atoms with van der Waals surface area (Å²) >= 11 is 54.0. The molecular weight excluding hydrogens is 1240 g/mol. The van der Waals surface area contributed by atoms with Crippen molar-refractivity contribution in [2.24, 2.45) is 0 Å². The fraction of sp³-hybridized carbons (Fsp3) is 0. The standard InChI is InChI=1S/C44H16Cl8N12O16/c45-13-5-1-6-14(46)21(13)25-29-37(57(65)66)39(59(69)70)31(53-29)26(22-15(47)7-2-8-16(22)48)33-41(61(73)74)43(63(77)78)35(55-33)28(24-19(51)11-4-12-20(24)52)36-44(64(79)80)42(62(75)76)34(56-36)27(23-17(49)9-3-10-18(23)50)32-40(60(71)72)38(58(67)68)30(25)54-32/h1-12,53-56H/q+4. The van der Waals surface area contributed by atoms with E-state index in [-0.39, 0.29) is 0 Å². The molecular formula is C44H16Cl8N12O16+4. The minimum Gasteiger partial charge on any atom is -0.315 e. The van der Waals surface area contributed by atoms with E-state index < -0.39 is 217 Å². The van der Waals surface area contributed by atoms with Gasteiger partial charge in [-0.3, -0.25) is 0 Å². The molecule has 4 N–H and O–H groups in total. The van der Waals surface area contributed by atoms with Crippen molar-refractivity contribution in [3.05, 3.63) is 285 Å². The number of nitrogens with one attached hydrogen (secondary N) is 4. The van der Waals surface area contributed by atoms with Crippen molar-refractivity contribution in [2.45, 2.75) is 0 Å². The van der Waals surface area contributed by atoms with Gasteiger partial charge in [0.1, 0.15) is 125 Å². The molecule has 0 saturated carbocycles. The van der Waals surface area contributed by atoms with Gasteiger partial charge in [0.05, 0.1) is 0 Å². The molecule has 0 fully saturated rings. The molecule has 4 aromatic heterocycles. The largest absolute Gasteiger partial charge is 0.458 e. The van der Waals surface area contributed by atoms with Gasteiger partial charge in [-0.15, -0.1) is 0 Å². The highest BCUT2D eigenvalue weighted by molar-refractivity contribution is 6.39. The van der Waals surface area contributed by atoms with Crippen LogP contribution in [0.2, 0.25) is 40.2 Å². The van der Waals surface area contributed by atoms with Gasteiger partial charge in [0.25, 0.3) is 0 Å². The van der Waals surface area contributed by atoms with E-state index in [4.69, 9.17) is 92.8 Å². The summed E-state index contributed by atoms with van der Waals surface area (Å²) in [6, 6.07) is 13.0. The van der Waals surface area contributed by atoms with Crippen LogP contribution in [0.3, 0.4) is 0 Å². The van der Waals surface area contributed by atoms with Crippen molar-refractivity contribution < 1.29 is 39.4 Å². The van der Waals surface area contributed by atoms with Crippen LogP contribution in [0.5, 0.6) is 0 Å². The molecule has 0 radical (unpaired) electrons. The summed E-state index contributed by atoms with van der Waals surface area (Å²) in [5, 5.41) is 105. The van der Waals surface area contributed by atoms with E-state index in [1.807, 2.05) is 0 Å². The first-order valence-electron chi connectivity index (χ1n) is 21.2. The lowest BCUT2D eigenvalue weighted by Gasteiger charge is -2.13. The summed E-state index contributed by atoms with van der Waals surface area (Å²) < 4.78 is 0. The van der Waals surface area contributed by atoms with Crippen LogP contribution in [0.15, 0.2) is 72.8 Å². The first-order chi connectivity index (χ1) is 37.7. The normalized spacial score (nSPS) is 12.2. The molecule has 4 aromatic carbocycles. The minimum absolute atomic E-state index is 0.610. The van der Waals surface area contributed by atoms with Gasteiger partial charge in [-0.25, -0.2) is 80.9 Å². The predicted octanol–water partition coefficient (Wildman–Crippen LogP) is 13.9. The summed E-state index contributed by atoms with van der Waals surface area (Å²) in [6.07, 6.45) is 0. The van der Waals surface area contributed by atoms with Gasteiger partial charge in [-0.2, -0.15) is 0 Å². The van der Waals surface area contributed by atoms with Crippen LogP contribution < -0.4 is 0 Å². The second-order valence-electron chi connectivity index (χ2n) is 16.2. The van der Waals surface area contributed by atoms with E-state index in [1.54, 1.807) is 0 Å². The first-order valence-corrected chi connectivity index (χ1v) is 24.2. The van der Waals surface area contributed by atoms with E-state index >= 15 is 0 Å². The Bertz CT molecular complexity index is 3380. The summed E-state index contributed by atoms with van der Waals surface area (Å²) in [4.78, 5) is 108. The van der Waals surface area contributed by atoms with Crippen molar-refractivity contribution in [1.29, 1.82) is 0 Å². The molecule has 0 saturated heterocycles. The van der Waals surface area contributed by atoms with E-state index in [0.29, 0.717) is 0 Å². The molecule has 0 unspecified atom stereocenters. The zero-order valence-corrected chi connectivity index (χ0v) is 44.1. The van der Waals surface area contributed by atoms with E-state index in [1.165, 1.54) is 24.3 Å². The Morgan fingerprint density at radius 2 is 0.362 bits per heavy atom. The van der Waals surface area contributed by atoms with Crippen molar-refractivity contribution in [3.63, 3.8) is 0 Å². The lowest BCUT2D eigenvalue weighted by molar-refractivity contribution is -0.423. The van der Waals surface area contributed by atoms with Crippen LogP contribution in [0.1, 0.15) is 67.8 Å². The number of halogens is 8. The Kier molecular flexibility index (Phi) is 14.4. The van der Waals surface area contributed by atoms with Crippen molar-refractivity contribution in [3.8, 4) is 0 Å². The van der Waals surface area contributed by atoms with E-state index in [0.717, 1.165) is 48.5 Å². The molecule has 28 nitrogen and oxygen atoms in total. The van der Waals surface area contributed by atoms with Crippen molar-refractivity contribution >= 4 is 138 Å². The van der Waals surface area contributed by atoms with Crippen molar-refractivity contribution in [1.82, 2.24) is 19.9 Å². The number of hydrogen-bond donors (Lipinski definition) is 4. The molecule has 1 aliphatic rings. The average molecular weight is 1250 g/mol. The SMILES string of the molecule is O=[N+]([O-])c1c2[nH]c(c1[N+](=O)[O-])[C+](c1c(Cl)cccc1Cl)c1[nH]c(c([N+](=O)[O-])c1[N+](=O)[O-])[C+](c1c(Cl)cccc1Cl)c1[nH]c(c([N+](=O)[O-])c1[N+](=O)[O-])[C+](c1c(Cl)cccc1Cl)c1[nH]c(c([N+](=O)[O-])c1[N+](=O)[O-])[C+]2c1c(Cl)cccc1Cl. The van der Waals surface area contributed by atoms with Crippen LogP contribution in [-0.2, 0) is 0 Å². The molecule has 80 heavy (non-hydrogen) atoms. The molecule has 5 heterocycles. The smallest absolute Gasteiger partial charge is 0.315 e. The van der Waals surface area contributed by atoms with Gasteiger partial charge < -0.3 is 19.9 Å². The first kappa shape index (κ1) is 55.7. The fourth-order valence-electron chi connectivity index (χ4n) is 9.24. The van der Waals surface area contributed by atoms with Crippen LogP contribution in [0, 0.1) is 105 Å². The van der Waals surface area contributed by atoms with Crippen LogP contribution in [0.4, 0.5) is 45.5 Å². The van der Waals surface area contributed by atoms with Crippen LogP contribution in [0.25, 0.3) is 0 Å². The van der Waals surface area contributed by atoms with Gasteiger partial charge in [0, 0.05) is 0 Å². The molecule has 1 aliphatic heterocycles. The maximum Gasteiger partial charge on any atom is 0.458 e. The quantitative estimate of drug-likeness (QED) is 0.0501. The third kappa shape index (κ3) is 8.75. The average Bonchev–Trinajstić information content (AvgIpc) is 4.15. The van der Waals surface area contributed by atoms with Gasteiger partial charge in [0.2, 0.25) is 45.6 Å². The van der Waals surface area contributed by atoms with Gasteiger partial charge in [-0.1, -0.05) is 0 Å². The molecule has 0 aliphatic carbocycles. The molecule has 8 aromatic rings. The molecule has 9 rings (SSSR count). The number of aromatic amines is 4. The highest BCUT2D eigenvalue weighted by Gasteiger charge is 2.63. The number of hydrogen-bond acceptors (Lipinski definition) is 16. The van der Waals surface area contributed by atoms with Gasteiger partial charge in [-0.05, 0) is 166 Å². The summed E-state index contributed by atoms with van der Waals surface area (Å²) in [6.45, 7) is 0. The predicted molar refractivity (Wildman–Crippen MR) is 284 cm³/mol.